The molecule has 4 rings (SSSR count). The van der Waals surface area contributed by atoms with E-state index in [0.29, 0.717) is 24.6 Å². The lowest BCUT2D eigenvalue weighted by Crippen LogP contribution is -2.06. The third-order valence-electron chi connectivity index (χ3n) is 5.55. The van der Waals surface area contributed by atoms with E-state index < -0.39 is 0 Å². The fraction of sp³-hybridized carbons (Fsp3) is 0.192. The van der Waals surface area contributed by atoms with Gasteiger partial charge in [0.05, 0.1) is 27.0 Å². The predicted molar refractivity (Wildman–Crippen MR) is 126 cm³/mol. The van der Waals surface area contributed by atoms with Crippen LogP contribution in [0.1, 0.15) is 22.4 Å². The summed E-state index contributed by atoms with van der Waals surface area (Å²) in [7, 11) is 3.24. The molecule has 0 bridgehead atoms. The monoisotopic (exact) mass is 431 g/mol. The summed E-state index contributed by atoms with van der Waals surface area (Å²) >= 11 is 0. The molecule has 0 atom stereocenters. The van der Waals surface area contributed by atoms with Crippen molar-refractivity contribution in [2.75, 3.05) is 14.2 Å². The number of hydrogen-bond donors (Lipinski definition) is 1. The molecule has 0 aliphatic heterocycles. The number of methoxy groups -OCH3 is 2. The Morgan fingerprint density at radius 3 is 2.41 bits per heavy atom. The van der Waals surface area contributed by atoms with Gasteiger partial charge in [0, 0.05) is 28.7 Å². The van der Waals surface area contributed by atoms with Crippen LogP contribution in [-0.2, 0) is 13.1 Å². The normalized spacial score (nSPS) is 11.2. The van der Waals surface area contributed by atoms with E-state index in [1.54, 1.807) is 14.2 Å². The standard InChI is InChI=1S/C26H26FN3O2/c1-18-23(16-29-28-15-20-10-13-25(31-2)26(14-20)32-3)22-6-4-5-7-24(22)30(18)17-19-8-11-21(27)12-9-19/h4-14,16,28H,15,17H2,1-3H3/b29-16+. The highest BCUT2D eigenvalue weighted by Crippen LogP contribution is 2.28. The van der Waals surface area contributed by atoms with E-state index in [1.165, 1.54) is 12.1 Å². The van der Waals surface area contributed by atoms with Gasteiger partial charge in [0.2, 0.25) is 0 Å². The van der Waals surface area contributed by atoms with Crippen molar-refractivity contribution in [3.05, 3.63) is 94.9 Å². The Labute approximate surface area is 187 Å². The minimum atomic E-state index is -0.226. The molecule has 164 valence electrons. The molecule has 0 amide bonds. The zero-order valence-electron chi connectivity index (χ0n) is 18.4. The van der Waals surface area contributed by atoms with Crippen molar-refractivity contribution in [1.29, 1.82) is 0 Å². The van der Waals surface area contributed by atoms with Crippen LogP contribution >= 0.6 is 0 Å². The Morgan fingerprint density at radius 1 is 0.938 bits per heavy atom. The molecule has 3 aromatic carbocycles. The van der Waals surface area contributed by atoms with Crippen molar-refractivity contribution < 1.29 is 13.9 Å². The van der Waals surface area contributed by atoms with Gasteiger partial charge in [0.25, 0.3) is 0 Å². The molecule has 6 heteroatoms. The maximum atomic E-state index is 13.3. The first-order chi connectivity index (χ1) is 15.6. The van der Waals surface area contributed by atoms with Gasteiger partial charge >= 0.3 is 0 Å². The Hall–Kier alpha value is -3.80. The number of rotatable bonds is 8. The maximum absolute atomic E-state index is 13.3. The highest BCUT2D eigenvalue weighted by molar-refractivity contribution is 6.01. The molecular formula is C26H26FN3O2. The quantitative estimate of drug-likeness (QED) is 0.305. The summed E-state index contributed by atoms with van der Waals surface area (Å²) in [6, 6.07) is 20.7. The average molecular weight is 432 g/mol. The second-order valence-electron chi connectivity index (χ2n) is 7.51. The fourth-order valence-electron chi connectivity index (χ4n) is 3.83. The van der Waals surface area contributed by atoms with Crippen LogP contribution in [0.3, 0.4) is 0 Å². The number of ether oxygens (including phenoxy) is 2. The van der Waals surface area contributed by atoms with Crippen molar-refractivity contribution >= 4 is 17.1 Å². The molecule has 0 spiro atoms. The molecule has 0 radical (unpaired) electrons. The molecule has 0 saturated carbocycles. The van der Waals surface area contributed by atoms with Crippen molar-refractivity contribution in [2.24, 2.45) is 5.10 Å². The topological polar surface area (TPSA) is 47.8 Å². The zero-order valence-corrected chi connectivity index (χ0v) is 18.4. The fourth-order valence-corrected chi connectivity index (χ4v) is 3.83. The number of nitrogens with zero attached hydrogens (tertiary/aromatic N) is 2. The Balaban J connectivity index is 1.55. The Morgan fingerprint density at radius 2 is 1.66 bits per heavy atom. The lowest BCUT2D eigenvalue weighted by atomic mass is 10.1. The lowest BCUT2D eigenvalue weighted by Gasteiger charge is -2.09. The largest absolute Gasteiger partial charge is 0.493 e. The molecule has 0 saturated heterocycles. The van der Waals surface area contributed by atoms with Crippen LogP contribution in [0.5, 0.6) is 11.5 Å². The van der Waals surface area contributed by atoms with E-state index in [4.69, 9.17) is 9.47 Å². The predicted octanol–water partition coefficient (Wildman–Crippen LogP) is 5.28. The molecule has 0 aliphatic carbocycles. The van der Waals surface area contributed by atoms with Crippen molar-refractivity contribution in [3.63, 3.8) is 0 Å². The van der Waals surface area contributed by atoms with Gasteiger partial charge in [-0.1, -0.05) is 36.4 Å². The second kappa shape index (κ2) is 9.56. The van der Waals surface area contributed by atoms with E-state index in [0.717, 1.165) is 33.3 Å². The number of halogens is 1. The van der Waals surface area contributed by atoms with Gasteiger partial charge in [0.1, 0.15) is 5.82 Å². The Kier molecular flexibility index (Phi) is 6.40. The van der Waals surface area contributed by atoms with Crippen LogP contribution in [0.2, 0.25) is 0 Å². The third-order valence-corrected chi connectivity index (χ3v) is 5.55. The molecule has 1 aromatic heterocycles. The average Bonchev–Trinajstić information content (AvgIpc) is 3.08. The first kappa shape index (κ1) is 21.4. The van der Waals surface area contributed by atoms with E-state index in [2.05, 4.69) is 34.2 Å². The molecule has 0 unspecified atom stereocenters. The summed E-state index contributed by atoms with van der Waals surface area (Å²) in [5, 5.41) is 5.60. The van der Waals surface area contributed by atoms with Gasteiger partial charge in [-0.25, -0.2) is 4.39 Å². The summed E-state index contributed by atoms with van der Waals surface area (Å²) in [6.07, 6.45) is 1.86. The van der Waals surface area contributed by atoms with Crippen LogP contribution in [0.25, 0.3) is 10.9 Å². The van der Waals surface area contributed by atoms with Gasteiger partial charge in [-0.15, -0.1) is 0 Å². The van der Waals surface area contributed by atoms with Gasteiger partial charge in [-0.05, 0) is 48.4 Å². The highest BCUT2D eigenvalue weighted by atomic mass is 19.1. The van der Waals surface area contributed by atoms with E-state index in [9.17, 15) is 4.39 Å². The molecular weight excluding hydrogens is 405 g/mol. The van der Waals surface area contributed by atoms with Crippen molar-refractivity contribution in [2.45, 2.75) is 20.0 Å². The van der Waals surface area contributed by atoms with Crippen LogP contribution in [0.15, 0.2) is 71.8 Å². The number of nitrogens with one attached hydrogen (secondary N) is 1. The first-order valence-electron chi connectivity index (χ1n) is 10.4. The summed E-state index contributed by atoms with van der Waals surface area (Å²) in [6.45, 7) is 3.31. The summed E-state index contributed by atoms with van der Waals surface area (Å²) in [5.41, 5.74) is 8.48. The van der Waals surface area contributed by atoms with Crippen LogP contribution in [-0.4, -0.2) is 25.0 Å². The summed E-state index contributed by atoms with van der Waals surface area (Å²) < 4.78 is 26.2. The van der Waals surface area contributed by atoms with Crippen LogP contribution in [0, 0.1) is 12.7 Å². The molecule has 32 heavy (non-hydrogen) atoms. The summed E-state index contributed by atoms with van der Waals surface area (Å²) in [4.78, 5) is 0. The molecule has 0 fully saturated rings. The lowest BCUT2D eigenvalue weighted by molar-refractivity contribution is 0.354. The number of para-hydroxylation sites is 1. The van der Waals surface area contributed by atoms with E-state index >= 15 is 0 Å². The number of aromatic nitrogens is 1. The van der Waals surface area contributed by atoms with Gasteiger partial charge in [-0.3, -0.25) is 0 Å². The van der Waals surface area contributed by atoms with Crippen molar-refractivity contribution in [3.8, 4) is 11.5 Å². The molecule has 4 aromatic rings. The maximum Gasteiger partial charge on any atom is 0.161 e. The van der Waals surface area contributed by atoms with Gasteiger partial charge < -0.3 is 19.5 Å². The second-order valence-corrected chi connectivity index (χ2v) is 7.51. The van der Waals surface area contributed by atoms with Gasteiger partial charge in [0.15, 0.2) is 11.5 Å². The summed E-state index contributed by atoms with van der Waals surface area (Å²) in [5.74, 6) is 1.16. The number of benzene rings is 3. The zero-order chi connectivity index (χ0) is 22.5. The number of hydrazone groups is 1. The smallest absolute Gasteiger partial charge is 0.161 e. The highest BCUT2D eigenvalue weighted by Gasteiger charge is 2.13. The SMILES string of the molecule is COc1ccc(CN/N=C/c2c(C)n(Cc3ccc(F)cc3)c3ccccc23)cc1OC. The molecule has 1 heterocycles. The molecule has 0 aliphatic rings. The number of fused-ring (bicyclic) bond motifs is 1. The van der Waals surface area contributed by atoms with Crippen LogP contribution in [0.4, 0.5) is 4.39 Å². The molecule has 1 N–H and O–H groups in total. The first-order valence-corrected chi connectivity index (χ1v) is 10.4. The van der Waals surface area contributed by atoms with E-state index in [1.807, 2.05) is 48.7 Å². The van der Waals surface area contributed by atoms with Crippen LogP contribution < -0.4 is 14.9 Å². The third kappa shape index (κ3) is 4.44. The van der Waals surface area contributed by atoms with E-state index in [-0.39, 0.29) is 5.82 Å². The molecule has 5 nitrogen and oxygen atoms in total. The Bertz CT molecular complexity index is 1250. The number of hydrogen-bond acceptors (Lipinski definition) is 4. The van der Waals surface area contributed by atoms with Crippen molar-refractivity contribution in [1.82, 2.24) is 9.99 Å². The van der Waals surface area contributed by atoms with Gasteiger partial charge in [-0.2, -0.15) is 5.10 Å². The minimum absolute atomic E-state index is 0.226. The minimum Gasteiger partial charge on any atom is -0.493 e.